The van der Waals surface area contributed by atoms with Crippen molar-refractivity contribution in [1.82, 2.24) is 4.98 Å². The van der Waals surface area contributed by atoms with E-state index < -0.39 is 0 Å². The first kappa shape index (κ1) is 14.0. The third kappa shape index (κ3) is 2.46. The molecule has 1 aromatic carbocycles. The van der Waals surface area contributed by atoms with E-state index in [0.29, 0.717) is 0 Å². The zero-order chi connectivity index (χ0) is 11.8. The highest BCUT2D eigenvalue weighted by molar-refractivity contribution is 5.85. The molecule has 0 spiro atoms. The zero-order valence-electron chi connectivity index (χ0n) is 10.1. The van der Waals surface area contributed by atoms with Crippen LogP contribution in [-0.2, 0) is 0 Å². The van der Waals surface area contributed by atoms with E-state index in [-0.39, 0.29) is 30.5 Å². The standard InChI is InChI=1S/C13H18N2O.ClH/c1-13(2,8-16)12(14)10-4-3-5-11-9(10)6-7-15-11;/h3-7,12,15-16H,8,14H2,1-2H3;1H/t12-;/m1./s1. The highest BCUT2D eigenvalue weighted by atomic mass is 35.5. The summed E-state index contributed by atoms with van der Waals surface area (Å²) in [5.41, 5.74) is 8.09. The van der Waals surface area contributed by atoms with Crippen LogP contribution in [0.5, 0.6) is 0 Å². The van der Waals surface area contributed by atoms with Gasteiger partial charge in [0, 0.05) is 35.2 Å². The summed E-state index contributed by atoms with van der Waals surface area (Å²) >= 11 is 0. The Kier molecular flexibility index (Phi) is 4.20. The van der Waals surface area contributed by atoms with Gasteiger partial charge in [0.05, 0.1) is 0 Å². The third-order valence-electron chi connectivity index (χ3n) is 3.21. The van der Waals surface area contributed by atoms with E-state index in [1.807, 2.05) is 44.3 Å². The van der Waals surface area contributed by atoms with Crippen molar-refractivity contribution in [2.45, 2.75) is 19.9 Å². The number of aromatic nitrogens is 1. The summed E-state index contributed by atoms with van der Waals surface area (Å²) in [6.45, 7) is 4.03. The third-order valence-corrected chi connectivity index (χ3v) is 3.21. The first-order valence-electron chi connectivity index (χ1n) is 5.49. The molecular weight excluding hydrogens is 236 g/mol. The molecule has 1 aromatic heterocycles. The molecule has 4 N–H and O–H groups in total. The summed E-state index contributed by atoms with van der Waals surface area (Å²) in [4.78, 5) is 3.17. The van der Waals surface area contributed by atoms with Crippen molar-refractivity contribution in [2.24, 2.45) is 11.1 Å². The lowest BCUT2D eigenvalue weighted by Gasteiger charge is -2.30. The lowest BCUT2D eigenvalue weighted by Crippen LogP contribution is -2.32. The van der Waals surface area contributed by atoms with Gasteiger partial charge in [-0.2, -0.15) is 0 Å². The van der Waals surface area contributed by atoms with Crippen molar-refractivity contribution in [1.29, 1.82) is 0 Å². The molecule has 0 aliphatic heterocycles. The molecule has 0 fully saturated rings. The number of aliphatic hydroxyl groups is 1. The Morgan fingerprint density at radius 2 is 2.06 bits per heavy atom. The van der Waals surface area contributed by atoms with E-state index in [2.05, 4.69) is 4.98 Å². The molecule has 0 saturated heterocycles. The predicted octanol–water partition coefficient (Wildman–Crippen LogP) is 2.61. The molecule has 0 bridgehead atoms. The number of nitrogens with two attached hydrogens (primary N) is 1. The van der Waals surface area contributed by atoms with Crippen LogP contribution in [-0.4, -0.2) is 16.7 Å². The number of nitrogens with one attached hydrogen (secondary N) is 1. The first-order chi connectivity index (χ1) is 7.56. The van der Waals surface area contributed by atoms with E-state index in [1.54, 1.807) is 0 Å². The normalized spacial score (nSPS) is 13.4. The quantitative estimate of drug-likeness (QED) is 0.789. The molecule has 17 heavy (non-hydrogen) atoms. The Hall–Kier alpha value is -1.03. The molecule has 1 heterocycles. The van der Waals surface area contributed by atoms with Gasteiger partial charge in [0.2, 0.25) is 0 Å². The second kappa shape index (κ2) is 5.08. The lowest BCUT2D eigenvalue weighted by molar-refractivity contribution is 0.133. The van der Waals surface area contributed by atoms with Gasteiger partial charge in [-0.05, 0) is 17.7 Å². The Bertz CT molecular complexity index is 493. The second-order valence-electron chi connectivity index (χ2n) is 4.91. The summed E-state index contributed by atoms with van der Waals surface area (Å²) in [5.74, 6) is 0. The van der Waals surface area contributed by atoms with E-state index in [9.17, 15) is 5.11 Å². The maximum absolute atomic E-state index is 9.36. The van der Waals surface area contributed by atoms with Crippen molar-refractivity contribution in [3.8, 4) is 0 Å². The number of halogens is 1. The fourth-order valence-electron chi connectivity index (χ4n) is 1.90. The van der Waals surface area contributed by atoms with Gasteiger partial charge in [0.25, 0.3) is 0 Å². The van der Waals surface area contributed by atoms with Crippen molar-refractivity contribution >= 4 is 23.3 Å². The first-order valence-corrected chi connectivity index (χ1v) is 5.49. The molecular formula is C13H19ClN2O. The Balaban J connectivity index is 0.00000144. The molecule has 0 saturated carbocycles. The molecule has 2 rings (SSSR count). The van der Waals surface area contributed by atoms with E-state index in [1.165, 1.54) is 0 Å². The van der Waals surface area contributed by atoms with Crippen LogP contribution in [0.1, 0.15) is 25.5 Å². The fourth-order valence-corrected chi connectivity index (χ4v) is 1.90. The molecule has 0 aliphatic carbocycles. The molecule has 0 radical (unpaired) electrons. The smallest absolute Gasteiger partial charge is 0.0500 e. The van der Waals surface area contributed by atoms with Gasteiger partial charge in [-0.15, -0.1) is 12.4 Å². The Labute approximate surface area is 107 Å². The number of benzene rings is 1. The second-order valence-corrected chi connectivity index (χ2v) is 4.91. The number of aromatic amines is 1. The number of rotatable bonds is 3. The summed E-state index contributed by atoms with van der Waals surface area (Å²) in [5, 5.41) is 10.5. The maximum atomic E-state index is 9.36. The zero-order valence-corrected chi connectivity index (χ0v) is 10.9. The molecule has 0 unspecified atom stereocenters. The minimum Gasteiger partial charge on any atom is -0.396 e. The lowest BCUT2D eigenvalue weighted by atomic mass is 9.81. The van der Waals surface area contributed by atoms with Crippen LogP contribution in [0.15, 0.2) is 30.5 Å². The van der Waals surface area contributed by atoms with E-state index >= 15 is 0 Å². The predicted molar refractivity (Wildman–Crippen MR) is 73.3 cm³/mol. The number of hydrogen-bond donors (Lipinski definition) is 3. The minimum absolute atomic E-state index is 0. The fraction of sp³-hybridized carbons (Fsp3) is 0.385. The number of aliphatic hydroxyl groups excluding tert-OH is 1. The number of fused-ring (bicyclic) bond motifs is 1. The van der Waals surface area contributed by atoms with Crippen LogP contribution < -0.4 is 5.73 Å². The summed E-state index contributed by atoms with van der Waals surface area (Å²) < 4.78 is 0. The van der Waals surface area contributed by atoms with Gasteiger partial charge in [-0.3, -0.25) is 0 Å². The molecule has 4 heteroatoms. The SMILES string of the molecule is CC(C)(CO)[C@H](N)c1cccc2[nH]ccc12.Cl. The summed E-state index contributed by atoms with van der Waals surface area (Å²) in [6.07, 6.45) is 1.91. The topological polar surface area (TPSA) is 62.0 Å². The largest absolute Gasteiger partial charge is 0.396 e. The van der Waals surface area contributed by atoms with Crippen LogP contribution in [0.2, 0.25) is 0 Å². The average molecular weight is 255 g/mol. The molecule has 0 amide bonds. The minimum atomic E-state index is -0.314. The Morgan fingerprint density at radius 3 is 2.71 bits per heavy atom. The summed E-state index contributed by atoms with van der Waals surface area (Å²) in [7, 11) is 0. The average Bonchev–Trinajstić information content (AvgIpc) is 2.75. The maximum Gasteiger partial charge on any atom is 0.0500 e. The van der Waals surface area contributed by atoms with Gasteiger partial charge in [-0.1, -0.05) is 26.0 Å². The van der Waals surface area contributed by atoms with Crippen LogP contribution in [0.4, 0.5) is 0 Å². The monoisotopic (exact) mass is 254 g/mol. The highest BCUT2D eigenvalue weighted by Crippen LogP contribution is 2.34. The molecule has 2 aromatic rings. The summed E-state index contributed by atoms with van der Waals surface area (Å²) in [6, 6.07) is 7.90. The van der Waals surface area contributed by atoms with Crippen molar-refractivity contribution in [2.75, 3.05) is 6.61 Å². The van der Waals surface area contributed by atoms with E-state index in [4.69, 9.17) is 5.73 Å². The molecule has 1 atom stereocenters. The van der Waals surface area contributed by atoms with Crippen molar-refractivity contribution in [3.63, 3.8) is 0 Å². The van der Waals surface area contributed by atoms with Crippen LogP contribution in [0.3, 0.4) is 0 Å². The van der Waals surface area contributed by atoms with Crippen LogP contribution >= 0.6 is 12.4 Å². The number of H-pyrrole nitrogens is 1. The van der Waals surface area contributed by atoms with Crippen molar-refractivity contribution < 1.29 is 5.11 Å². The van der Waals surface area contributed by atoms with Crippen LogP contribution in [0.25, 0.3) is 10.9 Å². The molecule has 0 aliphatic rings. The van der Waals surface area contributed by atoms with Gasteiger partial charge in [0.1, 0.15) is 0 Å². The van der Waals surface area contributed by atoms with Gasteiger partial charge in [-0.25, -0.2) is 0 Å². The molecule has 3 nitrogen and oxygen atoms in total. The van der Waals surface area contributed by atoms with Gasteiger partial charge >= 0.3 is 0 Å². The van der Waals surface area contributed by atoms with E-state index in [0.717, 1.165) is 16.5 Å². The van der Waals surface area contributed by atoms with Crippen molar-refractivity contribution in [3.05, 3.63) is 36.0 Å². The number of hydrogen-bond acceptors (Lipinski definition) is 2. The Morgan fingerprint density at radius 1 is 1.35 bits per heavy atom. The highest BCUT2D eigenvalue weighted by Gasteiger charge is 2.28. The molecule has 94 valence electrons. The van der Waals surface area contributed by atoms with Gasteiger partial charge < -0.3 is 15.8 Å². The van der Waals surface area contributed by atoms with Gasteiger partial charge in [0.15, 0.2) is 0 Å². The van der Waals surface area contributed by atoms with Crippen LogP contribution in [0, 0.1) is 5.41 Å².